The number of nitrogens with zero attached hydrogens (tertiary/aromatic N) is 1. The van der Waals surface area contributed by atoms with Crippen LogP contribution in [0.15, 0.2) is 23.4 Å². The van der Waals surface area contributed by atoms with Gasteiger partial charge in [0.25, 0.3) is 0 Å². The summed E-state index contributed by atoms with van der Waals surface area (Å²) in [6.45, 7) is 4.82. The lowest BCUT2D eigenvalue weighted by atomic mass is 10.1. The van der Waals surface area contributed by atoms with E-state index in [4.69, 9.17) is 16.4 Å². The normalized spacial score (nSPS) is 11.2. The summed E-state index contributed by atoms with van der Waals surface area (Å²) >= 11 is 5.78. The molecule has 0 aliphatic rings. The molecule has 0 heterocycles. The van der Waals surface area contributed by atoms with Crippen LogP contribution >= 0.6 is 11.6 Å². The number of halogens is 1. The molecule has 0 aliphatic carbocycles. The van der Waals surface area contributed by atoms with Crippen LogP contribution in [0.25, 0.3) is 0 Å². The second-order valence-electron chi connectivity index (χ2n) is 3.95. The van der Waals surface area contributed by atoms with Crippen molar-refractivity contribution in [1.29, 1.82) is 0 Å². The first kappa shape index (κ1) is 12.8. The zero-order chi connectivity index (χ0) is 12.0. The molecule has 1 aromatic carbocycles. The zero-order valence-corrected chi connectivity index (χ0v) is 10.2. The van der Waals surface area contributed by atoms with E-state index in [9.17, 15) is 5.11 Å². The van der Waals surface area contributed by atoms with E-state index in [1.54, 1.807) is 12.1 Å². The number of benzene rings is 1. The number of aromatic hydroxyl groups is 1. The van der Waals surface area contributed by atoms with Crippen molar-refractivity contribution in [2.75, 3.05) is 6.61 Å². The van der Waals surface area contributed by atoms with E-state index in [1.165, 1.54) is 12.3 Å². The third-order valence-electron chi connectivity index (χ3n) is 2.04. The molecule has 0 atom stereocenters. The maximum atomic E-state index is 9.47. The van der Waals surface area contributed by atoms with E-state index >= 15 is 0 Å². The summed E-state index contributed by atoms with van der Waals surface area (Å²) in [5.74, 6) is 0.732. The van der Waals surface area contributed by atoms with Gasteiger partial charge in [0.15, 0.2) is 0 Å². The van der Waals surface area contributed by atoms with Crippen LogP contribution in [0.2, 0.25) is 5.02 Å². The fraction of sp³-hybridized carbons (Fsp3) is 0.417. The van der Waals surface area contributed by atoms with Crippen molar-refractivity contribution in [3.8, 4) is 5.75 Å². The predicted octanol–water partition coefficient (Wildman–Crippen LogP) is 3.44. The summed E-state index contributed by atoms with van der Waals surface area (Å²) in [4.78, 5) is 5.06. The Hall–Kier alpha value is -1.22. The Morgan fingerprint density at radius 1 is 1.50 bits per heavy atom. The molecule has 0 spiro atoms. The van der Waals surface area contributed by atoms with Crippen molar-refractivity contribution in [3.05, 3.63) is 28.8 Å². The molecule has 1 aromatic rings. The van der Waals surface area contributed by atoms with Gasteiger partial charge in [-0.15, -0.1) is 0 Å². The topological polar surface area (TPSA) is 41.8 Å². The molecule has 0 aromatic heterocycles. The van der Waals surface area contributed by atoms with Gasteiger partial charge in [0.1, 0.15) is 12.4 Å². The van der Waals surface area contributed by atoms with Crippen molar-refractivity contribution in [1.82, 2.24) is 0 Å². The van der Waals surface area contributed by atoms with Gasteiger partial charge in [-0.05, 0) is 30.5 Å². The van der Waals surface area contributed by atoms with Crippen LogP contribution in [-0.2, 0) is 4.84 Å². The molecule has 0 radical (unpaired) electrons. The minimum absolute atomic E-state index is 0.139. The van der Waals surface area contributed by atoms with Crippen molar-refractivity contribution in [3.63, 3.8) is 0 Å². The SMILES string of the molecule is CC(C)CCO/N=C/c1cc(Cl)ccc1O. The average molecular weight is 242 g/mol. The summed E-state index contributed by atoms with van der Waals surface area (Å²) in [6.07, 6.45) is 2.42. The highest BCUT2D eigenvalue weighted by molar-refractivity contribution is 6.30. The Morgan fingerprint density at radius 2 is 2.25 bits per heavy atom. The Morgan fingerprint density at radius 3 is 2.94 bits per heavy atom. The number of hydrogen-bond donors (Lipinski definition) is 1. The van der Waals surface area contributed by atoms with Crippen molar-refractivity contribution >= 4 is 17.8 Å². The van der Waals surface area contributed by atoms with Crippen LogP contribution in [0.4, 0.5) is 0 Å². The lowest BCUT2D eigenvalue weighted by molar-refractivity contribution is 0.134. The maximum absolute atomic E-state index is 9.47. The first-order valence-corrected chi connectivity index (χ1v) is 5.61. The number of phenolic OH excluding ortho intramolecular Hbond substituents is 1. The molecular formula is C12H16ClNO2. The van der Waals surface area contributed by atoms with Crippen molar-refractivity contribution in [2.45, 2.75) is 20.3 Å². The largest absolute Gasteiger partial charge is 0.507 e. The van der Waals surface area contributed by atoms with E-state index in [-0.39, 0.29) is 5.75 Å². The molecule has 4 heteroatoms. The van der Waals surface area contributed by atoms with Gasteiger partial charge in [-0.25, -0.2) is 0 Å². The van der Waals surface area contributed by atoms with E-state index in [0.717, 1.165) is 6.42 Å². The molecule has 0 unspecified atom stereocenters. The fourth-order valence-electron chi connectivity index (χ4n) is 1.06. The number of rotatable bonds is 5. The summed E-state index contributed by atoms with van der Waals surface area (Å²) in [7, 11) is 0. The number of oxime groups is 1. The fourth-order valence-corrected chi connectivity index (χ4v) is 1.24. The van der Waals surface area contributed by atoms with Crippen molar-refractivity contribution in [2.24, 2.45) is 11.1 Å². The second-order valence-corrected chi connectivity index (χ2v) is 4.39. The van der Waals surface area contributed by atoms with E-state index in [0.29, 0.717) is 23.1 Å². The first-order valence-electron chi connectivity index (χ1n) is 5.23. The minimum Gasteiger partial charge on any atom is -0.507 e. The monoisotopic (exact) mass is 241 g/mol. The maximum Gasteiger partial charge on any atom is 0.124 e. The van der Waals surface area contributed by atoms with Gasteiger partial charge in [-0.2, -0.15) is 0 Å². The predicted molar refractivity (Wildman–Crippen MR) is 66.1 cm³/mol. The Kier molecular flexibility index (Phi) is 5.12. The average Bonchev–Trinajstić information content (AvgIpc) is 2.22. The van der Waals surface area contributed by atoms with Gasteiger partial charge in [-0.3, -0.25) is 0 Å². The Labute approximate surface area is 101 Å². The van der Waals surface area contributed by atoms with Gasteiger partial charge in [0.2, 0.25) is 0 Å². The third kappa shape index (κ3) is 4.53. The van der Waals surface area contributed by atoms with Crippen LogP contribution in [0, 0.1) is 5.92 Å². The lowest BCUT2D eigenvalue weighted by Crippen LogP contribution is -1.95. The quantitative estimate of drug-likeness (QED) is 0.487. The molecule has 1 N–H and O–H groups in total. The van der Waals surface area contributed by atoms with Gasteiger partial charge in [0.05, 0.1) is 6.21 Å². The molecule has 3 nitrogen and oxygen atoms in total. The molecule has 16 heavy (non-hydrogen) atoms. The van der Waals surface area contributed by atoms with Crippen LogP contribution in [-0.4, -0.2) is 17.9 Å². The van der Waals surface area contributed by atoms with Crippen molar-refractivity contribution < 1.29 is 9.94 Å². The molecule has 0 saturated heterocycles. The first-order chi connectivity index (χ1) is 7.59. The molecule has 0 fully saturated rings. The highest BCUT2D eigenvalue weighted by atomic mass is 35.5. The second kappa shape index (κ2) is 6.38. The molecule has 1 rings (SSSR count). The van der Waals surface area contributed by atoms with E-state index in [1.807, 2.05) is 0 Å². The smallest absolute Gasteiger partial charge is 0.124 e. The summed E-state index contributed by atoms with van der Waals surface area (Å²) < 4.78 is 0. The zero-order valence-electron chi connectivity index (χ0n) is 9.48. The summed E-state index contributed by atoms with van der Waals surface area (Å²) in [5, 5.41) is 13.8. The Bertz CT molecular complexity index is 364. The van der Waals surface area contributed by atoms with Crippen LogP contribution in [0.5, 0.6) is 5.75 Å². The van der Waals surface area contributed by atoms with Gasteiger partial charge < -0.3 is 9.94 Å². The molecule has 0 aliphatic heterocycles. The number of hydrogen-bond acceptors (Lipinski definition) is 3. The van der Waals surface area contributed by atoms with Gasteiger partial charge >= 0.3 is 0 Å². The highest BCUT2D eigenvalue weighted by Gasteiger charge is 1.99. The van der Waals surface area contributed by atoms with Crippen LogP contribution < -0.4 is 0 Å². The third-order valence-corrected chi connectivity index (χ3v) is 2.28. The highest BCUT2D eigenvalue weighted by Crippen LogP contribution is 2.19. The Balaban J connectivity index is 2.46. The van der Waals surface area contributed by atoms with Gasteiger partial charge in [-0.1, -0.05) is 30.6 Å². The van der Waals surface area contributed by atoms with Crippen LogP contribution in [0.3, 0.4) is 0 Å². The molecule has 0 saturated carbocycles. The lowest BCUT2D eigenvalue weighted by Gasteiger charge is -2.02. The molecule has 0 bridgehead atoms. The molecule has 0 amide bonds. The van der Waals surface area contributed by atoms with E-state index < -0.39 is 0 Å². The summed E-state index contributed by atoms with van der Waals surface area (Å²) in [6, 6.07) is 4.78. The van der Waals surface area contributed by atoms with E-state index in [2.05, 4.69) is 19.0 Å². The summed E-state index contributed by atoms with van der Waals surface area (Å²) in [5.41, 5.74) is 0.553. The standard InChI is InChI=1S/C12H16ClNO2/c1-9(2)5-6-16-14-8-10-7-11(13)3-4-12(10)15/h3-4,7-9,15H,5-6H2,1-2H3/b14-8+. The molecular weight excluding hydrogens is 226 g/mol. The number of phenols is 1. The minimum atomic E-state index is 0.139. The van der Waals surface area contributed by atoms with Crippen LogP contribution in [0.1, 0.15) is 25.8 Å². The molecule has 88 valence electrons. The van der Waals surface area contributed by atoms with Gasteiger partial charge in [0, 0.05) is 10.6 Å².